The quantitative estimate of drug-likeness (QED) is 0.688. The molecular formula is C18H29N3. The van der Waals surface area contributed by atoms with Crippen molar-refractivity contribution in [3.63, 3.8) is 0 Å². The second-order valence-electron chi connectivity index (χ2n) is 5.91. The average molecular weight is 287 g/mol. The SMILES string of the molecule is CCCCCCC(C)NCc1nn(CC)c2ccccc12. The summed E-state index contributed by atoms with van der Waals surface area (Å²) in [5, 5.41) is 9.66. The molecule has 3 nitrogen and oxygen atoms in total. The van der Waals surface area contributed by atoms with E-state index in [-0.39, 0.29) is 0 Å². The Hall–Kier alpha value is -1.35. The van der Waals surface area contributed by atoms with E-state index in [2.05, 4.69) is 55.0 Å². The van der Waals surface area contributed by atoms with E-state index in [1.165, 1.54) is 48.7 Å². The Bertz CT molecular complexity index is 544. The van der Waals surface area contributed by atoms with Crippen LogP contribution in [-0.2, 0) is 13.1 Å². The molecule has 2 aromatic rings. The minimum Gasteiger partial charge on any atom is -0.309 e. The summed E-state index contributed by atoms with van der Waals surface area (Å²) in [7, 11) is 0. The van der Waals surface area contributed by atoms with Crippen molar-refractivity contribution in [2.24, 2.45) is 0 Å². The van der Waals surface area contributed by atoms with Crippen LogP contribution in [0.15, 0.2) is 24.3 Å². The molecule has 1 atom stereocenters. The molecule has 0 amide bonds. The maximum Gasteiger partial charge on any atom is 0.0841 e. The van der Waals surface area contributed by atoms with Crippen LogP contribution in [0.1, 0.15) is 58.6 Å². The second kappa shape index (κ2) is 8.18. The van der Waals surface area contributed by atoms with Crippen LogP contribution in [0.5, 0.6) is 0 Å². The monoisotopic (exact) mass is 287 g/mol. The molecule has 0 aliphatic heterocycles. The van der Waals surface area contributed by atoms with Gasteiger partial charge in [0.05, 0.1) is 11.2 Å². The summed E-state index contributed by atoms with van der Waals surface area (Å²) in [5.41, 5.74) is 2.42. The molecule has 21 heavy (non-hydrogen) atoms. The summed E-state index contributed by atoms with van der Waals surface area (Å²) in [6.07, 6.45) is 6.61. The lowest BCUT2D eigenvalue weighted by Crippen LogP contribution is -2.25. The normalized spacial score (nSPS) is 12.9. The predicted molar refractivity (Wildman–Crippen MR) is 90.5 cm³/mol. The summed E-state index contributed by atoms with van der Waals surface area (Å²) in [6.45, 7) is 8.48. The molecule has 1 N–H and O–H groups in total. The summed E-state index contributed by atoms with van der Waals surface area (Å²) in [4.78, 5) is 0. The third-order valence-electron chi connectivity index (χ3n) is 4.14. The summed E-state index contributed by atoms with van der Waals surface area (Å²) in [6, 6.07) is 9.08. The molecule has 0 saturated carbocycles. The lowest BCUT2D eigenvalue weighted by Gasteiger charge is -2.12. The van der Waals surface area contributed by atoms with Crippen molar-refractivity contribution in [3.8, 4) is 0 Å². The number of aryl methyl sites for hydroxylation is 1. The van der Waals surface area contributed by atoms with Gasteiger partial charge in [-0.1, -0.05) is 50.8 Å². The zero-order chi connectivity index (χ0) is 15.1. The van der Waals surface area contributed by atoms with Crippen LogP contribution in [-0.4, -0.2) is 15.8 Å². The van der Waals surface area contributed by atoms with Gasteiger partial charge in [0, 0.05) is 24.5 Å². The number of benzene rings is 1. The number of rotatable bonds is 9. The average Bonchev–Trinajstić information content (AvgIpc) is 2.88. The van der Waals surface area contributed by atoms with Crippen molar-refractivity contribution in [2.45, 2.75) is 72.0 Å². The third-order valence-corrected chi connectivity index (χ3v) is 4.14. The van der Waals surface area contributed by atoms with Gasteiger partial charge in [-0.25, -0.2) is 0 Å². The Morgan fingerprint density at radius 1 is 1.14 bits per heavy atom. The molecule has 0 radical (unpaired) electrons. The van der Waals surface area contributed by atoms with Crippen LogP contribution in [0.2, 0.25) is 0 Å². The van der Waals surface area contributed by atoms with Crippen molar-refractivity contribution in [1.29, 1.82) is 0 Å². The van der Waals surface area contributed by atoms with Gasteiger partial charge in [-0.05, 0) is 26.3 Å². The molecule has 1 heterocycles. The van der Waals surface area contributed by atoms with Gasteiger partial charge in [0.2, 0.25) is 0 Å². The van der Waals surface area contributed by atoms with Gasteiger partial charge in [0.15, 0.2) is 0 Å². The maximum absolute atomic E-state index is 4.74. The van der Waals surface area contributed by atoms with E-state index in [0.717, 1.165) is 13.1 Å². The highest BCUT2D eigenvalue weighted by atomic mass is 15.3. The van der Waals surface area contributed by atoms with Gasteiger partial charge in [0.25, 0.3) is 0 Å². The first-order valence-corrected chi connectivity index (χ1v) is 8.44. The minimum absolute atomic E-state index is 0.562. The van der Waals surface area contributed by atoms with Crippen LogP contribution < -0.4 is 5.32 Å². The Balaban J connectivity index is 1.91. The predicted octanol–water partition coefficient (Wildman–Crippen LogP) is 4.50. The van der Waals surface area contributed by atoms with E-state index in [1.54, 1.807) is 0 Å². The molecule has 1 aromatic carbocycles. The van der Waals surface area contributed by atoms with Crippen LogP contribution >= 0.6 is 0 Å². The fraction of sp³-hybridized carbons (Fsp3) is 0.611. The zero-order valence-electron chi connectivity index (χ0n) is 13.7. The van der Waals surface area contributed by atoms with Crippen molar-refractivity contribution >= 4 is 10.9 Å². The topological polar surface area (TPSA) is 29.9 Å². The van der Waals surface area contributed by atoms with Crippen LogP contribution in [0, 0.1) is 0 Å². The van der Waals surface area contributed by atoms with Crippen molar-refractivity contribution in [3.05, 3.63) is 30.0 Å². The van der Waals surface area contributed by atoms with Crippen LogP contribution in [0.4, 0.5) is 0 Å². The molecule has 1 unspecified atom stereocenters. The molecule has 0 aliphatic rings. The van der Waals surface area contributed by atoms with Crippen molar-refractivity contribution in [1.82, 2.24) is 15.1 Å². The molecule has 0 fully saturated rings. The highest BCUT2D eigenvalue weighted by Gasteiger charge is 2.10. The highest BCUT2D eigenvalue weighted by molar-refractivity contribution is 5.81. The van der Waals surface area contributed by atoms with Gasteiger partial charge in [0.1, 0.15) is 0 Å². The van der Waals surface area contributed by atoms with Crippen molar-refractivity contribution in [2.75, 3.05) is 0 Å². The Kier molecular flexibility index (Phi) is 6.24. The number of para-hydroxylation sites is 1. The van der Waals surface area contributed by atoms with E-state index in [1.807, 2.05) is 0 Å². The molecule has 1 aromatic heterocycles. The Morgan fingerprint density at radius 3 is 2.71 bits per heavy atom. The fourth-order valence-electron chi connectivity index (χ4n) is 2.82. The van der Waals surface area contributed by atoms with Gasteiger partial charge in [-0.15, -0.1) is 0 Å². The lowest BCUT2D eigenvalue weighted by molar-refractivity contribution is 0.478. The minimum atomic E-state index is 0.562. The molecule has 116 valence electrons. The molecule has 3 heteroatoms. The zero-order valence-corrected chi connectivity index (χ0v) is 13.7. The molecule has 0 bridgehead atoms. The van der Waals surface area contributed by atoms with E-state index < -0.39 is 0 Å². The number of fused-ring (bicyclic) bond motifs is 1. The first-order chi connectivity index (χ1) is 10.3. The first-order valence-electron chi connectivity index (χ1n) is 8.44. The third kappa shape index (κ3) is 4.31. The first kappa shape index (κ1) is 16.0. The van der Waals surface area contributed by atoms with Gasteiger partial charge in [-0.2, -0.15) is 5.10 Å². The van der Waals surface area contributed by atoms with E-state index in [0.29, 0.717) is 6.04 Å². The summed E-state index contributed by atoms with van der Waals surface area (Å²) < 4.78 is 2.10. The highest BCUT2D eigenvalue weighted by Crippen LogP contribution is 2.18. The standard InChI is InChI=1S/C18H29N3/c1-4-6-7-8-11-15(3)19-14-17-16-12-9-10-13-18(16)21(5-2)20-17/h9-10,12-13,15,19H,4-8,11,14H2,1-3H3. The number of hydrogen-bond donors (Lipinski definition) is 1. The summed E-state index contributed by atoms with van der Waals surface area (Å²) in [5.74, 6) is 0. The molecule has 2 rings (SSSR count). The molecule has 0 saturated heterocycles. The van der Waals surface area contributed by atoms with Crippen LogP contribution in [0.3, 0.4) is 0 Å². The lowest BCUT2D eigenvalue weighted by atomic mass is 10.1. The van der Waals surface area contributed by atoms with E-state index >= 15 is 0 Å². The maximum atomic E-state index is 4.74. The Morgan fingerprint density at radius 2 is 1.95 bits per heavy atom. The van der Waals surface area contributed by atoms with Gasteiger partial charge in [-0.3, -0.25) is 4.68 Å². The number of nitrogens with zero attached hydrogens (tertiary/aromatic N) is 2. The van der Waals surface area contributed by atoms with Crippen molar-refractivity contribution < 1.29 is 0 Å². The van der Waals surface area contributed by atoms with Crippen LogP contribution in [0.25, 0.3) is 10.9 Å². The van der Waals surface area contributed by atoms with E-state index in [9.17, 15) is 0 Å². The number of aromatic nitrogens is 2. The number of unbranched alkanes of at least 4 members (excludes halogenated alkanes) is 3. The number of nitrogens with one attached hydrogen (secondary N) is 1. The molecular weight excluding hydrogens is 258 g/mol. The van der Waals surface area contributed by atoms with E-state index in [4.69, 9.17) is 5.10 Å². The summed E-state index contributed by atoms with van der Waals surface area (Å²) >= 11 is 0. The molecule has 0 spiro atoms. The largest absolute Gasteiger partial charge is 0.309 e. The Labute approximate surface area is 128 Å². The van der Waals surface area contributed by atoms with Gasteiger partial charge < -0.3 is 5.32 Å². The number of hydrogen-bond acceptors (Lipinski definition) is 2. The smallest absolute Gasteiger partial charge is 0.0841 e. The van der Waals surface area contributed by atoms with Gasteiger partial charge >= 0.3 is 0 Å². The molecule has 0 aliphatic carbocycles. The second-order valence-corrected chi connectivity index (χ2v) is 5.91. The fourth-order valence-corrected chi connectivity index (χ4v) is 2.82.